The zero-order chi connectivity index (χ0) is 23.2. The molecule has 1 aliphatic heterocycles. The Morgan fingerprint density at radius 3 is 2.82 bits per heavy atom. The van der Waals surface area contributed by atoms with Gasteiger partial charge in [-0.2, -0.15) is 0 Å². The standard InChI is InChI=1S/C25H26N6O3/c1-14-13-31(7-8-33-14)16-5-6-20-21(9-16)34-25(29-20)19-12-28-23(26-2)18-11-27-22(10-17(18)19)30-24(32)15-3-4-15/h5-6,9-12,14-15H,3-4,7-8,13H2,1-2H3,(H,26,28)(H,27,30,32)/t14-/m1/s1. The van der Waals surface area contributed by atoms with E-state index in [1.807, 2.05) is 25.2 Å². The van der Waals surface area contributed by atoms with Gasteiger partial charge in [-0.1, -0.05) is 0 Å². The molecule has 1 saturated heterocycles. The molecular weight excluding hydrogens is 432 g/mol. The number of nitrogens with one attached hydrogen (secondary N) is 2. The van der Waals surface area contributed by atoms with Gasteiger partial charge in [-0.3, -0.25) is 4.79 Å². The van der Waals surface area contributed by atoms with Crippen molar-refractivity contribution in [2.45, 2.75) is 25.9 Å². The van der Waals surface area contributed by atoms with Crippen LogP contribution in [0.15, 0.2) is 41.1 Å². The van der Waals surface area contributed by atoms with Crippen molar-refractivity contribution < 1.29 is 13.9 Å². The number of hydrogen-bond acceptors (Lipinski definition) is 8. The predicted octanol–water partition coefficient (Wildman–Crippen LogP) is 4.05. The zero-order valence-electron chi connectivity index (χ0n) is 19.2. The van der Waals surface area contributed by atoms with Crippen molar-refractivity contribution in [3.05, 3.63) is 36.7 Å². The summed E-state index contributed by atoms with van der Waals surface area (Å²) < 4.78 is 11.9. The highest BCUT2D eigenvalue weighted by atomic mass is 16.5. The van der Waals surface area contributed by atoms with E-state index in [0.29, 0.717) is 29.7 Å². The Bertz CT molecular complexity index is 1400. The van der Waals surface area contributed by atoms with E-state index >= 15 is 0 Å². The number of aromatic nitrogens is 3. The van der Waals surface area contributed by atoms with Gasteiger partial charge in [0.2, 0.25) is 11.8 Å². The van der Waals surface area contributed by atoms with Gasteiger partial charge < -0.3 is 24.7 Å². The van der Waals surface area contributed by atoms with Gasteiger partial charge >= 0.3 is 0 Å². The average Bonchev–Trinajstić information content (AvgIpc) is 3.62. The molecule has 0 radical (unpaired) electrons. The molecule has 6 rings (SSSR count). The molecule has 2 aliphatic rings. The van der Waals surface area contributed by atoms with Gasteiger partial charge in [0.1, 0.15) is 17.2 Å². The van der Waals surface area contributed by atoms with Crippen molar-refractivity contribution in [1.82, 2.24) is 15.0 Å². The van der Waals surface area contributed by atoms with E-state index < -0.39 is 0 Å². The molecule has 174 valence electrons. The van der Waals surface area contributed by atoms with Gasteiger partial charge in [-0.25, -0.2) is 15.0 Å². The molecule has 1 atom stereocenters. The first-order valence-corrected chi connectivity index (χ1v) is 11.6. The fourth-order valence-corrected chi connectivity index (χ4v) is 4.43. The van der Waals surface area contributed by atoms with Crippen molar-refractivity contribution in [3.63, 3.8) is 0 Å². The van der Waals surface area contributed by atoms with Crippen molar-refractivity contribution in [1.29, 1.82) is 0 Å². The van der Waals surface area contributed by atoms with Crippen LogP contribution < -0.4 is 15.5 Å². The van der Waals surface area contributed by atoms with Crippen LogP contribution in [-0.4, -0.2) is 53.7 Å². The number of ether oxygens (including phenoxy) is 1. The van der Waals surface area contributed by atoms with E-state index in [2.05, 4.69) is 38.5 Å². The summed E-state index contributed by atoms with van der Waals surface area (Å²) in [6.07, 6.45) is 5.54. The number of fused-ring (bicyclic) bond motifs is 2. The molecule has 4 aromatic rings. The monoisotopic (exact) mass is 458 g/mol. The van der Waals surface area contributed by atoms with Gasteiger partial charge in [-0.05, 0) is 38.0 Å². The lowest BCUT2D eigenvalue weighted by molar-refractivity contribution is -0.117. The maximum absolute atomic E-state index is 12.3. The number of benzene rings is 1. The zero-order valence-corrected chi connectivity index (χ0v) is 19.2. The first-order valence-electron chi connectivity index (χ1n) is 11.6. The Morgan fingerprint density at radius 1 is 1.15 bits per heavy atom. The minimum atomic E-state index is 0.0168. The van der Waals surface area contributed by atoms with E-state index in [1.165, 1.54) is 0 Å². The number of morpholine rings is 1. The van der Waals surface area contributed by atoms with Gasteiger partial charge in [0.15, 0.2) is 5.58 Å². The second kappa shape index (κ2) is 8.25. The summed E-state index contributed by atoms with van der Waals surface area (Å²) >= 11 is 0. The van der Waals surface area contributed by atoms with Crippen LogP contribution in [0.1, 0.15) is 19.8 Å². The van der Waals surface area contributed by atoms with Crippen molar-refractivity contribution >= 4 is 45.1 Å². The van der Waals surface area contributed by atoms with Crippen LogP contribution >= 0.6 is 0 Å². The van der Waals surface area contributed by atoms with Gasteiger partial charge in [0.25, 0.3) is 0 Å². The van der Waals surface area contributed by atoms with Crippen LogP contribution in [0.25, 0.3) is 33.3 Å². The molecule has 34 heavy (non-hydrogen) atoms. The van der Waals surface area contributed by atoms with Crippen LogP contribution in [0.4, 0.5) is 17.3 Å². The van der Waals surface area contributed by atoms with E-state index in [4.69, 9.17) is 14.1 Å². The maximum atomic E-state index is 12.3. The number of nitrogens with zero attached hydrogens (tertiary/aromatic N) is 4. The number of hydrogen-bond donors (Lipinski definition) is 2. The Morgan fingerprint density at radius 2 is 2.03 bits per heavy atom. The highest BCUT2D eigenvalue weighted by Crippen LogP contribution is 2.35. The number of oxazole rings is 1. The van der Waals surface area contributed by atoms with Crippen LogP contribution in [0.3, 0.4) is 0 Å². The number of carbonyl (C=O) groups excluding carboxylic acids is 1. The SMILES string of the molecule is CNc1ncc(-c2nc3ccc(N4CCO[C@H](C)C4)cc3o2)c2cc(NC(=O)C3CC3)ncc12. The average molecular weight is 459 g/mol. The molecule has 9 heteroatoms. The fraction of sp³-hybridized carbons (Fsp3) is 0.360. The second-order valence-electron chi connectivity index (χ2n) is 8.95. The molecule has 1 aromatic carbocycles. The smallest absolute Gasteiger partial charge is 0.229 e. The second-order valence-corrected chi connectivity index (χ2v) is 8.95. The van der Waals surface area contributed by atoms with E-state index in [1.54, 1.807) is 12.4 Å². The third-order valence-corrected chi connectivity index (χ3v) is 6.42. The minimum absolute atomic E-state index is 0.0168. The third kappa shape index (κ3) is 3.81. The lowest BCUT2D eigenvalue weighted by atomic mass is 10.1. The highest BCUT2D eigenvalue weighted by molar-refractivity contribution is 6.03. The summed E-state index contributed by atoms with van der Waals surface area (Å²) in [6.45, 7) is 4.48. The number of amides is 1. The summed E-state index contributed by atoms with van der Waals surface area (Å²) in [5.41, 5.74) is 3.33. The van der Waals surface area contributed by atoms with Crippen LogP contribution in [0.5, 0.6) is 0 Å². The first kappa shape index (κ1) is 20.9. The Kier molecular flexibility index (Phi) is 5.06. The minimum Gasteiger partial charge on any atom is -0.436 e. The predicted molar refractivity (Wildman–Crippen MR) is 131 cm³/mol. The molecular formula is C25H26N6O3. The molecule has 1 saturated carbocycles. The van der Waals surface area contributed by atoms with E-state index in [9.17, 15) is 4.79 Å². The molecule has 2 fully saturated rings. The largest absolute Gasteiger partial charge is 0.436 e. The van der Waals surface area contributed by atoms with Crippen LogP contribution in [0, 0.1) is 5.92 Å². The van der Waals surface area contributed by atoms with Crippen LogP contribution in [-0.2, 0) is 9.53 Å². The molecule has 0 bridgehead atoms. The summed E-state index contributed by atoms with van der Waals surface area (Å²) in [5, 5.41) is 7.72. The number of anilines is 3. The van der Waals surface area contributed by atoms with Gasteiger partial charge in [-0.15, -0.1) is 0 Å². The van der Waals surface area contributed by atoms with Gasteiger partial charge in [0.05, 0.1) is 18.3 Å². The third-order valence-electron chi connectivity index (χ3n) is 6.42. The van der Waals surface area contributed by atoms with Crippen molar-refractivity contribution in [2.75, 3.05) is 42.3 Å². The first-order chi connectivity index (χ1) is 16.6. The molecule has 3 aromatic heterocycles. The summed E-state index contributed by atoms with van der Waals surface area (Å²) in [7, 11) is 1.82. The molecule has 1 amide bonds. The summed E-state index contributed by atoms with van der Waals surface area (Å²) in [5.74, 6) is 1.81. The lowest BCUT2D eigenvalue weighted by Gasteiger charge is -2.32. The molecule has 4 heterocycles. The molecule has 9 nitrogen and oxygen atoms in total. The van der Waals surface area contributed by atoms with Gasteiger partial charge in [0, 0.05) is 61.0 Å². The number of rotatable bonds is 5. The summed E-state index contributed by atoms with van der Waals surface area (Å²) in [4.78, 5) is 28.3. The molecule has 0 spiro atoms. The van der Waals surface area contributed by atoms with E-state index in [-0.39, 0.29) is 17.9 Å². The molecule has 1 aliphatic carbocycles. The molecule has 0 unspecified atom stereocenters. The van der Waals surface area contributed by atoms with Crippen LogP contribution in [0.2, 0.25) is 0 Å². The number of carbonyl (C=O) groups is 1. The fourth-order valence-electron chi connectivity index (χ4n) is 4.43. The quantitative estimate of drug-likeness (QED) is 0.461. The van der Waals surface area contributed by atoms with Crippen molar-refractivity contribution in [3.8, 4) is 11.5 Å². The lowest BCUT2D eigenvalue weighted by Crippen LogP contribution is -2.41. The Hall–Kier alpha value is -3.72. The maximum Gasteiger partial charge on any atom is 0.229 e. The Balaban J connectivity index is 1.40. The topological polar surface area (TPSA) is 105 Å². The van der Waals surface area contributed by atoms with Crippen molar-refractivity contribution in [2.24, 2.45) is 5.92 Å². The molecule has 2 N–H and O–H groups in total. The normalized spacial score (nSPS) is 18.4. The Labute approximate surface area is 196 Å². The number of pyridine rings is 2. The summed E-state index contributed by atoms with van der Waals surface area (Å²) in [6, 6.07) is 7.95. The highest BCUT2D eigenvalue weighted by Gasteiger charge is 2.30. The van der Waals surface area contributed by atoms with E-state index in [0.717, 1.165) is 53.5 Å².